The number of nitrogens with one attached hydrogen (secondary N) is 2. The fourth-order valence-corrected chi connectivity index (χ4v) is 4.68. The molecule has 0 radical (unpaired) electrons. The van der Waals surface area contributed by atoms with Crippen molar-refractivity contribution < 1.29 is 13.9 Å². The van der Waals surface area contributed by atoms with Crippen LogP contribution in [0.5, 0.6) is 5.75 Å². The van der Waals surface area contributed by atoms with E-state index in [2.05, 4.69) is 20.2 Å². The molecule has 2 aromatic carbocycles. The summed E-state index contributed by atoms with van der Waals surface area (Å²) in [7, 11) is 3.60. The van der Waals surface area contributed by atoms with Crippen LogP contribution >= 0.6 is 11.6 Å². The number of halogens is 2. The molecule has 2 fully saturated rings. The fourth-order valence-electron chi connectivity index (χ4n) is 4.50. The van der Waals surface area contributed by atoms with Gasteiger partial charge in [0, 0.05) is 24.5 Å². The third-order valence-electron chi connectivity index (χ3n) is 6.14. The Bertz CT molecular complexity index is 1230. The zero-order chi connectivity index (χ0) is 22.6. The van der Waals surface area contributed by atoms with Crippen LogP contribution in [-0.4, -0.2) is 59.8 Å². The smallest absolute Gasteiger partial charge is 0.290 e. The van der Waals surface area contributed by atoms with E-state index in [0.29, 0.717) is 28.2 Å². The van der Waals surface area contributed by atoms with Gasteiger partial charge in [0.2, 0.25) is 0 Å². The molecule has 10 heteroatoms. The number of anilines is 3. The molecule has 0 saturated carbocycles. The first kappa shape index (κ1) is 20.7. The highest BCUT2D eigenvalue weighted by atomic mass is 35.5. The van der Waals surface area contributed by atoms with Gasteiger partial charge in [0.25, 0.3) is 6.02 Å². The summed E-state index contributed by atoms with van der Waals surface area (Å²) in [6.45, 7) is 3.53. The second-order valence-corrected chi connectivity index (χ2v) is 8.59. The van der Waals surface area contributed by atoms with Gasteiger partial charge in [0.05, 0.1) is 35.1 Å². The van der Waals surface area contributed by atoms with Gasteiger partial charge in [-0.3, -0.25) is 15.2 Å². The van der Waals surface area contributed by atoms with Crippen molar-refractivity contribution in [3.63, 3.8) is 0 Å². The average molecular weight is 457 g/mol. The number of amidine groups is 1. The fraction of sp³-hybridized carbons (Fsp3) is 0.318. The first-order valence-corrected chi connectivity index (χ1v) is 10.5. The van der Waals surface area contributed by atoms with Crippen molar-refractivity contribution in [2.45, 2.75) is 18.6 Å². The summed E-state index contributed by atoms with van der Waals surface area (Å²) < 4.78 is 26.1. The monoisotopic (exact) mass is 456 g/mol. The van der Waals surface area contributed by atoms with Gasteiger partial charge in [-0.05, 0) is 32.2 Å². The molecule has 2 saturated heterocycles. The number of rotatable bonds is 4. The van der Waals surface area contributed by atoms with Crippen LogP contribution in [0.25, 0.3) is 10.9 Å². The third-order valence-corrected chi connectivity index (χ3v) is 6.43. The molecule has 0 bridgehead atoms. The summed E-state index contributed by atoms with van der Waals surface area (Å²) >= 11 is 5.93. The normalized spacial score (nSPS) is 19.8. The Balaban J connectivity index is 1.60. The SMILES string of the molecule is COc1cc2ncnc(Nc3cccc(Cl)c3F)c2cc1N1C(=N)OC2(CN(C)C2)[C@H]1C. The third kappa shape index (κ3) is 3.11. The molecule has 1 spiro atoms. The molecule has 0 unspecified atom stereocenters. The summed E-state index contributed by atoms with van der Waals surface area (Å²) in [5.74, 6) is 0.410. The quantitative estimate of drug-likeness (QED) is 0.613. The first-order valence-electron chi connectivity index (χ1n) is 10.1. The largest absolute Gasteiger partial charge is 0.494 e. The number of aromatic nitrogens is 2. The maximum atomic E-state index is 14.5. The molecular weight excluding hydrogens is 435 g/mol. The number of benzene rings is 2. The highest BCUT2D eigenvalue weighted by Crippen LogP contribution is 2.44. The predicted molar refractivity (Wildman–Crippen MR) is 122 cm³/mol. The number of methoxy groups -OCH3 is 1. The Hall–Kier alpha value is -3.17. The Morgan fingerprint density at radius 3 is 2.81 bits per heavy atom. The highest BCUT2D eigenvalue weighted by molar-refractivity contribution is 6.31. The number of likely N-dealkylation sites (N-methyl/N-ethyl adjacent to an activating group) is 1. The molecule has 2 aliphatic rings. The van der Waals surface area contributed by atoms with Crippen LogP contribution in [0.3, 0.4) is 0 Å². The zero-order valence-electron chi connectivity index (χ0n) is 17.8. The van der Waals surface area contributed by atoms with Crippen LogP contribution in [0.4, 0.5) is 21.6 Å². The van der Waals surface area contributed by atoms with Crippen molar-refractivity contribution in [1.82, 2.24) is 14.9 Å². The van der Waals surface area contributed by atoms with E-state index in [1.807, 2.05) is 24.9 Å². The van der Waals surface area contributed by atoms with E-state index in [1.54, 1.807) is 25.3 Å². The van der Waals surface area contributed by atoms with E-state index in [9.17, 15) is 4.39 Å². The average Bonchev–Trinajstić information content (AvgIpc) is 3.00. The van der Waals surface area contributed by atoms with E-state index < -0.39 is 11.4 Å². The minimum atomic E-state index is -0.561. The number of nitrogens with zero attached hydrogens (tertiary/aromatic N) is 4. The minimum absolute atomic E-state index is 0.0166. The van der Waals surface area contributed by atoms with Gasteiger partial charge in [-0.25, -0.2) is 14.4 Å². The van der Waals surface area contributed by atoms with E-state index >= 15 is 0 Å². The van der Waals surface area contributed by atoms with E-state index in [1.165, 1.54) is 12.4 Å². The summed E-state index contributed by atoms with van der Waals surface area (Å²) in [4.78, 5) is 12.6. The molecule has 32 heavy (non-hydrogen) atoms. The minimum Gasteiger partial charge on any atom is -0.494 e. The van der Waals surface area contributed by atoms with E-state index in [0.717, 1.165) is 13.1 Å². The van der Waals surface area contributed by atoms with Crippen LogP contribution in [0.1, 0.15) is 6.92 Å². The number of hydrogen-bond donors (Lipinski definition) is 2. The molecular formula is C22H22ClFN6O2. The number of fused-ring (bicyclic) bond motifs is 1. The van der Waals surface area contributed by atoms with Crippen molar-refractivity contribution >= 4 is 45.7 Å². The molecule has 0 aliphatic carbocycles. The summed E-state index contributed by atoms with van der Waals surface area (Å²) in [6, 6.07) is 8.34. The van der Waals surface area contributed by atoms with Crippen molar-refractivity contribution in [2.75, 3.05) is 37.5 Å². The Morgan fingerprint density at radius 1 is 1.31 bits per heavy atom. The van der Waals surface area contributed by atoms with E-state index in [-0.39, 0.29) is 22.8 Å². The number of ether oxygens (including phenoxy) is 2. The van der Waals surface area contributed by atoms with Gasteiger partial charge in [-0.1, -0.05) is 17.7 Å². The molecule has 1 atom stereocenters. The maximum Gasteiger partial charge on any atom is 0.290 e. The van der Waals surface area contributed by atoms with Crippen molar-refractivity contribution in [2.24, 2.45) is 0 Å². The van der Waals surface area contributed by atoms with Crippen molar-refractivity contribution in [3.05, 3.63) is 47.5 Å². The molecule has 2 aliphatic heterocycles. The van der Waals surface area contributed by atoms with Gasteiger partial charge in [-0.2, -0.15) is 0 Å². The van der Waals surface area contributed by atoms with Gasteiger partial charge in [0.1, 0.15) is 17.9 Å². The zero-order valence-corrected chi connectivity index (χ0v) is 18.6. The maximum absolute atomic E-state index is 14.5. The van der Waals surface area contributed by atoms with Crippen LogP contribution in [0, 0.1) is 11.2 Å². The molecule has 3 heterocycles. The predicted octanol–water partition coefficient (Wildman–Crippen LogP) is 4.02. The van der Waals surface area contributed by atoms with Crippen LogP contribution in [-0.2, 0) is 4.74 Å². The van der Waals surface area contributed by atoms with Gasteiger partial charge in [-0.15, -0.1) is 0 Å². The van der Waals surface area contributed by atoms with Gasteiger partial charge < -0.3 is 14.8 Å². The van der Waals surface area contributed by atoms with Crippen molar-refractivity contribution in [3.8, 4) is 5.75 Å². The molecule has 1 aromatic heterocycles. The molecule has 8 nitrogen and oxygen atoms in total. The molecule has 5 rings (SSSR count). The van der Waals surface area contributed by atoms with Crippen LogP contribution < -0.4 is 15.0 Å². The van der Waals surface area contributed by atoms with E-state index in [4.69, 9.17) is 26.5 Å². The standard InChI is InChI=1S/C22H22ClFN6O2/c1-12-22(9-29(2)10-22)32-21(25)30(12)17-7-13-16(8-18(17)31-3)26-11-27-20(13)28-15-6-4-5-14(23)19(15)24/h4-8,11-12,25H,9-10H2,1-3H3,(H,26,27,28)/t12-/m1/s1. The van der Waals surface area contributed by atoms with Crippen molar-refractivity contribution in [1.29, 1.82) is 5.41 Å². The lowest BCUT2D eigenvalue weighted by molar-refractivity contribution is -0.0663. The first-order chi connectivity index (χ1) is 15.3. The molecule has 0 amide bonds. The van der Waals surface area contributed by atoms with Gasteiger partial charge >= 0.3 is 0 Å². The number of hydrogen-bond acceptors (Lipinski definition) is 7. The lowest BCUT2D eigenvalue weighted by atomic mass is 9.87. The second kappa shape index (κ2) is 7.46. The lowest BCUT2D eigenvalue weighted by Gasteiger charge is -2.46. The summed E-state index contributed by atoms with van der Waals surface area (Å²) in [5.41, 5.74) is 1.05. The molecule has 2 N–H and O–H groups in total. The second-order valence-electron chi connectivity index (χ2n) is 8.18. The number of likely N-dealkylation sites (tertiary alicyclic amines) is 1. The Morgan fingerprint density at radius 2 is 2.09 bits per heavy atom. The Labute approximate surface area is 189 Å². The van der Waals surface area contributed by atoms with Crippen LogP contribution in [0.15, 0.2) is 36.7 Å². The van der Waals surface area contributed by atoms with Gasteiger partial charge in [0.15, 0.2) is 11.4 Å². The molecule has 166 valence electrons. The highest BCUT2D eigenvalue weighted by Gasteiger charge is 2.57. The Kier molecular flexibility index (Phi) is 4.83. The molecule has 3 aromatic rings. The lowest BCUT2D eigenvalue weighted by Crippen LogP contribution is -2.65. The summed E-state index contributed by atoms with van der Waals surface area (Å²) in [6.07, 6.45) is 1.40. The summed E-state index contributed by atoms with van der Waals surface area (Å²) in [5, 5.41) is 12.2. The topological polar surface area (TPSA) is 86.6 Å². The van der Waals surface area contributed by atoms with Crippen LogP contribution in [0.2, 0.25) is 5.02 Å².